The number of thiazole rings is 2. The third-order valence-electron chi connectivity index (χ3n) is 11.6. The van der Waals surface area contributed by atoms with Crippen LogP contribution in [0.3, 0.4) is 0 Å². The lowest BCUT2D eigenvalue weighted by Crippen LogP contribution is -2.45. The van der Waals surface area contributed by atoms with E-state index in [9.17, 15) is 10.5 Å². The summed E-state index contributed by atoms with van der Waals surface area (Å²) in [6.45, 7) is 6.95. The van der Waals surface area contributed by atoms with Crippen LogP contribution in [0, 0.1) is 22.7 Å². The molecule has 4 aromatic heterocycles. The van der Waals surface area contributed by atoms with Gasteiger partial charge in [-0.3, -0.25) is 0 Å². The normalized spacial score (nSPS) is 13.8. The second-order valence-electron chi connectivity index (χ2n) is 16.1. The number of ether oxygens (including phenoxy) is 1. The molecule has 2 aliphatic rings. The first kappa shape index (κ1) is 40.3. The summed E-state index contributed by atoms with van der Waals surface area (Å²) in [6, 6.07) is 43.9. The molecule has 65 heavy (non-hydrogen) atoms. The van der Waals surface area contributed by atoms with Crippen LogP contribution in [0.1, 0.15) is 61.7 Å². The number of para-hydroxylation sites is 6. The van der Waals surface area contributed by atoms with Crippen LogP contribution in [-0.2, 0) is 0 Å². The van der Waals surface area contributed by atoms with E-state index in [0.717, 1.165) is 56.7 Å². The van der Waals surface area contributed by atoms with Crippen LogP contribution in [0.4, 0.5) is 0 Å². The van der Waals surface area contributed by atoms with Crippen LogP contribution in [0.2, 0.25) is 0 Å². The maximum atomic E-state index is 11.6. The molecule has 0 N–H and O–H groups in total. The highest BCUT2D eigenvalue weighted by molar-refractivity contribution is 7.20. The molecule has 6 heterocycles. The van der Waals surface area contributed by atoms with Gasteiger partial charge in [-0.15, -0.1) is 22.7 Å². The first-order valence-corrected chi connectivity index (χ1v) is 23.2. The average molecular weight is 889 g/mol. The number of fused-ring (bicyclic) bond motifs is 5. The highest BCUT2D eigenvalue weighted by Crippen LogP contribution is 2.41. The van der Waals surface area contributed by atoms with E-state index in [1.165, 1.54) is 22.7 Å². The third-order valence-corrected chi connectivity index (χ3v) is 13.7. The summed E-state index contributed by atoms with van der Waals surface area (Å²) in [5, 5.41) is 26.6. The number of rotatable bonds is 11. The van der Waals surface area contributed by atoms with Gasteiger partial charge in [0.15, 0.2) is 0 Å². The van der Waals surface area contributed by atoms with Gasteiger partial charge in [0.1, 0.15) is 62.0 Å². The maximum Gasteiger partial charge on any atom is 0.743 e. The number of nitriles is 2. The molecule has 0 radical (unpaired) electrons. The van der Waals surface area contributed by atoms with Gasteiger partial charge in [0, 0.05) is 16.5 Å². The van der Waals surface area contributed by atoms with Gasteiger partial charge in [0.25, 0.3) is 0 Å². The molecule has 0 bridgehead atoms. The second kappa shape index (κ2) is 16.6. The second-order valence-corrected chi connectivity index (χ2v) is 18.1. The van der Waals surface area contributed by atoms with Crippen LogP contribution >= 0.6 is 22.7 Å². The summed E-state index contributed by atoms with van der Waals surface area (Å²) in [5.74, 6) is 2.75. The maximum absolute atomic E-state index is 11.6. The molecule has 0 saturated carbocycles. The Morgan fingerprint density at radius 3 is 1.58 bits per heavy atom. The first-order valence-electron chi connectivity index (χ1n) is 21.6. The fourth-order valence-electron chi connectivity index (χ4n) is 8.80. The van der Waals surface area contributed by atoms with E-state index in [4.69, 9.17) is 33.3 Å². The topological polar surface area (TPSA) is 129 Å². The Morgan fingerprint density at radius 2 is 1.11 bits per heavy atom. The van der Waals surface area contributed by atoms with Crippen molar-refractivity contribution in [3.05, 3.63) is 148 Å². The van der Waals surface area contributed by atoms with E-state index in [-0.39, 0.29) is 5.92 Å². The molecule has 316 valence electrons. The molecule has 11 nitrogen and oxygen atoms in total. The van der Waals surface area contributed by atoms with Gasteiger partial charge in [-0.2, -0.15) is 10.5 Å². The van der Waals surface area contributed by atoms with Crippen molar-refractivity contribution in [3.63, 3.8) is 0 Å². The van der Waals surface area contributed by atoms with Crippen molar-refractivity contribution in [2.75, 3.05) is 6.61 Å². The summed E-state index contributed by atoms with van der Waals surface area (Å²) < 4.78 is 38.9. The monoisotopic (exact) mass is 888 g/mol. The fourth-order valence-corrected chi connectivity index (χ4v) is 10.7. The van der Waals surface area contributed by atoms with Crippen molar-refractivity contribution in [1.29, 1.82) is 10.5 Å². The summed E-state index contributed by atoms with van der Waals surface area (Å²) >= 11 is 2.88. The van der Waals surface area contributed by atoms with Gasteiger partial charge in [-0.1, -0.05) is 82.1 Å². The zero-order valence-electron chi connectivity index (χ0n) is 35.6. The zero-order valence-corrected chi connectivity index (χ0v) is 37.3. The molecule has 0 unspecified atom stereocenters. The van der Waals surface area contributed by atoms with E-state index in [1.54, 1.807) is 0 Å². The Labute approximate surface area is 382 Å². The van der Waals surface area contributed by atoms with Gasteiger partial charge in [-0.05, 0) is 90.7 Å². The highest BCUT2D eigenvalue weighted by atomic mass is 32.1. The predicted molar refractivity (Wildman–Crippen MR) is 257 cm³/mol. The Balaban J connectivity index is 1.34. The van der Waals surface area contributed by atoms with E-state index in [1.807, 2.05) is 130 Å². The zero-order chi connectivity index (χ0) is 44.2. The van der Waals surface area contributed by atoms with Crippen molar-refractivity contribution in [1.82, 2.24) is 18.9 Å². The van der Waals surface area contributed by atoms with Crippen LogP contribution in [-0.4, -0.2) is 40.0 Å². The fraction of sp³-hybridized carbons (Fsp3) is 0.160. The minimum absolute atomic E-state index is 0.225. The van der Waals surface area contributed by atoms with E-state index in [0.29, 0.717) is 77.9 Å². The molecule has 0 saturated heterocycles. The van der Waals surface area contributed by atoms with Crippen LogP contribution < -0.4 is 34.1 Å². The number of benzene rings is 5. The molecular formula is C50H38B2N6O5S2. The molecular weight excluding hydrogens is 850 g/mol. The number of aromatic nitrogens is 4. The minimum Gasteiger partial charge on any atom is -0.503 e. The molecule has 5 aromatic carbocycles. The SMILES string of the molecule is CCCCCOc1ccc(-c2c3/c(=C(\C#N)c4nc5ccccc5s4)n(B4Oc5ccccc5O4)c(C(C)C)c3/c(=C(\C#N)c3nc4ccccc4s3)n2B2Oc3ccccc3O2)cc1. The van der Waals surface area contributed by atoms with Crippen LogP contribution in [0.25, 0.3) is 53.6 Å². The van der Waals surface area contributed by atoms with Gasteiger partial charge < -0.3 is 32.3 Å². The lowest BCUT2D eigenvalue weighted by molar-refractivity contribution is 0.306. The first-order chi connectivity index (χ1) is 31.9. The molecule has 15 heteroatoms. The number of hydrogen-bond donors (Lipinski definition) is 0. The van der Waals surface area contributed by atoms with Gasteiger partial charge in [-0.25, -0.2) is 9.97 Å². The quantitative estimate of drug-likeness (QED) is 0.0921. The van der Waals surface area contributed by atoms with Crippen molar-refractivity contribution in [2.24, 2.45) is 0 Å². The van der Waals surface area contributed by atoms with Crippen molar-refractivity contribution in [2.45, 2.75) is 46.0 Å². The van der Waals surface area contributed by atoms with Gasteiger partial charge in [0.2, 0.25) is 0 Å². The summed E-state index contributed by atoms with van der Waals surface area (Å²) in [4.78, 5) is 10.1. The summed E-state index contributed by atoms with van der Waals surface area (Å²) in [7, 11) is -2.11. The van der Waals surface area contributed by atoms with Crippen LogP contribution in [0.5, 0.6) is 28.7 Å². The Morgan fingerprint density at radius 1 is 0.631 bits per heavy atom. The van der Waals surface area contributed by atoms with Gasteiger partial charge in [0.05, 0.1) is 43.4 Å². The predicted octanol–water partition coefficient (Wildman–Crippen LogP) is 10.1. The molecule has 2 aliphatic heterocycles. The molecule has 0 fully saturated rings. The van der Waals surface area contributed by atoms with E-state index < -0.39 is 14.5 Å². The van der Waals surface area contributed by atoms with Crippen molar-refractivity contribution < 1.29 is 23.4 Å². The number of hydrogen-bond acceptors (Lipinski definition) is 11. The minimum atomic E-state index is -1.08. The Hall–Kier alpha value is -7.45. The Bertz CT molecular complexity index is 3330. The lowest BCUT2D eigenvalue weighted by Gasteiger charge is -2.18. The highest BCUT2D eigenvalue weighted by Gasteiger charge is 2.45. The van der Waals surface area contributed by atoms with Crippen molar-refractivity contribution in [3.8, 4) is 52.1 Å². The molecule has 9 aromatic rings. The van der Waals surface area contributed by atoms with Gasteiger partial charge >= 0.3 is 14.5 Å². The molecule has 0 amide bonds. The largest absolute Gasteiger partial charge is 0.743 e. The van der Waals surface area contributed by atoms with E-state index in [2.05, 4.69) is 32.9 Å². The standard InChI is InChI=1S/C50H38B2N6O5S2/c1-4-5-14-27-59-32-25-23-31(24-26-32)46-44-43(47(58(46)52-62-39-19-10-11-20-40(39)63-52)33(28-53)49-55-35-15-6-12-21-41(35)64-49)45(30(2)3)57(51-60-37-17-8-9-18-38(37)61-51)48(44)34(29-54)50-56-36-16-7-13-22-42(36)65-50/h6-13,15-26,30H,4-5,14,27H2,1-3H3/b47-33-,48-34-. The van der Waals surface area contributed by atoms with Crippen LogP contribution in [0.15, 0.2) is 121 Å². The average Bonchev–Trinajstić information content (AvgIpc) is 4.19. The Kier molecular flexibility index (Phi) is 10.3. The molecule has 0 spiro atoms. The van der Waals surface area contributed by atoms with E-state index >= 15 is 0 Å². The summed E-state index contributed by atoms with van der Waals surface area (Å²) in [5.41, 5.74) is 4.32. The molecule has 0 atom stereocenters. The number of unbranched alkanes of at least 4 members (excludes halogenated alkanes) is 2. The smallest absolute Gasteiger partial charge is 0.503 e. The summed E-state index contributed by atoms with van der Waals surface area (Å²) in [6.07, 6.45) is 3.11. The number of nitrogens with zero attached hydrogens (tertiary/aromatic N) is 6. The molecule has 0 aliphatic carbocycles. The lowest BCUT2D eigenvalue weighted by atomic mass is 10.0. The van der Waals surface area contributed by atoms with Crippen molar-refractivity contribution >= 4 is 79.5 Å². The molecule has 11 rings (SSSR count). The third kappa shape index (κ3) is 6.87.